The number of carbonyl (C=O) groups is 3. The third kappa shape index (κ3) is 7.71. The molecule has 2 aromatic carbocycles. The minimum absolute atomic E-state index is 0.143. The van der Waals surface area contributed by atoms with Crippen molar-refractivity contribution < 1.29 is 23.9 Å². The molecule has 1 aliphatic rings. The van der Waals surface area contributed by atoms with Crippen molar-refractivity contribution in [2.45, 2.75) is 37.3 Å². The average Bonchev–Trinajstić information content (AvgIpc) is 3.35. The first kappa shape index (κ1) is 25.0. The minimum atomic E-state index is -0.793. The van der Waals surface area contributed by atoms with E-state index >= 15 is 0 Å². The van der Waals surface area contributed by atoms with E-state index in [9.17, 15) is 14.4 Å². The van der Waals surface area contributed by atoms with Crippen molar-refractivity contribution in [1.82, 2.24) is 10.2 Å². The fourth-order valence-electron chi connectivity index (χ4n) is 3.44. The van der Waals surface area contributed by atoms with Crippen molar-refractivity contribution in [3.63, 3.8) is 0 Å². The van der Waals surface area contributed by atoms with Gasteiger partial charge in [0, 0.05) is 18.1 Å². The van der Waals surface area contributed by atoms with Crippen molar-refractivity contribution in [3.8, 4) is 0 Å². The molecule has 0 saturated carbocycles. The van der Waals surface area contributed by atoms with Crippen molar-refractivity contribution in [2.24, 2.45) is 0 Å². The smallest absolute Gasteiger partial charge is 0.410 e. The first-order valence-electron chi connectivity index (χ1n) is 10.7. The lowest BCUT2D eigenvalue weighted by molar-refractivity contribution is -0.144. The van der Waals surface area contributed by atoms with E-state index in [0.29, 0.717) is 25.1 Å². The van der Waals surface area contributed by atoms with Gasteiger partial charge in [-0.2, -0.15) is 0 Å². The third-order valence-corrected chi connectivity index (χ3v) is 7.53. The highest BCUT2D eigenvalue weighted by atomic mass is 33.1. The van der Waals surface area contributed by atoms with Crippen LogP contribution in [-0.4, -0.2) is 54.4 Å². The molecule has 9 heteroatoms. The average molecular weight is 489 g/mol. The maximum absolute atomic E-state index is 12.9. The predicted molar refractivity (Wildman–Crippen MR) is 130 cm³/mol. The third-order valence-electron chi connectivity index (χ3n) is 5.18. The minimum Gasteiger partial charge on any atom is -0.467 e. The van der Waals surface area contributed by atoms with E-state index < -0.39 is 24.1 Å². The quantitative estimate of drug-likeness (QED) is 0.307. The fraction of sp³-hybridized carbons (Fsp3) is 0.375. The van der Waals surface area contributed by atoms with Gasteiger partial charge in [-0.15, -0.1) is 0 Å². The normalized spacial score (nSPS) is 16.2. The van der Waals surface area contributed by atoms with E-state index in [1.54, 1.807) is 10.8 Å². The van der Waals surface area contributed by atoms with Crippen LogP contribution in [0.15, 0.2) is 60.7 Å². The van der Waals surface area contributed by atoms with E-state index in [4.69, 9.17) is 9.47 Å². The van der Waals surface area contributed by atoms with Gasteiger partial charge in [0.05, 0.1) is 7.11 Å². The first-order valence-corrected chi connectivity index (χ1v) is 13.2. The van der Waals surface area contributed by atoms with Gasteiger partial charge in [0.2, 0.25) is 5.91 Å². The molecule has 2 atom stereocenters. The number of likely N-dealkylation sites (tertiary alicyclic amines) is 1. The molecule has 2 aromatic rings. The maximum Gasteiger partial charge on any atom is 0.410 e. The molecule has 1 N–H and O–H groups in total. The molecule has 0 bridgehead atoms. The lowest BCUT2D eigenvalue weighted by Gasteiger charge is -2.25. The van der Waals surface area contributed by atoms with Crippen molar-refractivity contribution in [1.29, 1.82) is 0 Å². The molecule has 3 rings (SSSR count). The summed E-state index contributed by atoms with van der Waals surface area (Å²) in [5.41, 5.74) is 2.06. The van der Waals surface area contributed by atoms with Crippen LogP contribution in [0.2, 0.25) is 0 Å². The molecule has 1 aliphatic heterocycles. The second-order valence-electron chi connectivity index (χ2n) is 7.51. The summed E-state index contributed by atoms with van der Waals surface area (Å²) in [5, 5.41) is 2.77. The van der Waals surface area contributed by atoms with E-state index in [2.05, 4.69) is 5.32 Å². The Morgan fingerprint density at radius 1 is 1.03 bits per heavy atom. The van der Waals surface area contributed by atoms with E-state index in [1.165, 1.54) is 28.4 Å². The number of methoxy groups -OCH3 is 1. The van der Waals surface area contributed by atoms with Crippen molar-refractivity contribution in [3.05, 3.63) is 71.8 Å². The number of esters is 1. The zero-order chi connectivity index (χ0) is 23.5. The highest BCUT2D eigenvalue weighted by molar-refractivity contribution is 8.76. The van der Waals surface area contributed by atoms with Crippen LogP contribution in [0.3, 0.4) is 0 Å². The molecular formula is C24H28N2O5S2. The molecular weight excluding hydrogens is 460 g/mol. The Morgan fingerprint density at radius 2 is 1.70 bits per heavy atom. The SMILES string of the molecule is COC(=O)C(CSSCc1ccccc1)NC(=O)C1CCCN1C(=O)OCc1ccccc1. The Hall–Kier alpha value is -2.65. The number of ether oxygens (including phenoxy) is 2. The van der Waals surface area contributed by atoms with Gasteiger partial charge in [-0.1, -0.05) is 82.3 Å². The summed E-state index contributed by atoms with van der Waals surface area (Å²) in [7, 11) is 4.40. The monoisotopic (exact) mass is 488 g/mol. The molecule has 0 aliphatic carbocycles. The molecule has 0 radical (unpaired) electrons. The van der Waals surface area contributed by atoms with E-state index in [-0.39, 0.29) is 12.5 Å². The van der Waals surface area contributed by atoms with Gasteiger partial charge in [0.15, 0.2) is 0 Å². The molecule has 1 saturated heterocycles. The highest BCUT2D eigenvalue weighted by Crippen LogP contribution is 2.27. The zero-order valence-corrected chi connectivity index (χ0v) is 20.1. The number of hydrogen-bond acceptors (Lipinski definition) is 7. The van der Waals surface area contributed by atoms with Crippen LogP contribution in [0, 0.1) is 0 Å². The molecule has 176 valence electrons. The topological polar surface area (TPSA) is 84.9 Å². The van der Waals surface area contributed by atoms with Crippen molar-refractivity contribution >= 4 is 39.6 Å². The van der Waals surface area contributed by atoms with Crippen LogP contribution >= 0.6 is 21.6 Å². The lowest BCUT2D eigenvalue weighted by Crippen LogP contribution is -2.52. The molecule has 0 aromatic heterocycles. The summed E-state index contributed by atoms with van der Waals surface area (Å²) >= 11 is 0. The summed E-state index contributed by atoms with van der Waals surface area (Å²) < 4.78 is 10.3. The van der Waals surface area contributed by atoms with Crippen LogP contribution < -0.4 is 5.32 Å². The molecule has 0 spiro atoms. The maximum atomic E-state index is 12.9. The summed E-state index contributed by atoms with van der Waals surface area (Å²) in [6.45, 7) is 0.584. The van der Waals surface area contributed by atoms with Gasteiger partial charge in [-0.05, 0) is 24.0 Å². The number of nitrogens with one attached hydrogen (secondary N) is 1. The van der Waals surface area contributed by atoms with Crippen LogP contribution in [0.5, 0.6) is 0 Å². The van der Waals surface area contributed by atoms with E-state index in [1.807, 2.05) is 60.7 Å². The number of benzene rings is 2. The number of carbonyl (C=O) groups excluding carboxylic acids is 3. The highest BCUT2D eigenvalue weighted by Gasteiger charge is 2.37. The van der Waals surface area contributed by atoms with Gasteiger partial charge in [-0.3, -0.25) is 9.69 Å². The Labute approximate surface area is 202 Å². The molecule has 33 heavy (non-hydrogen) atoms. The first-order chi connectivity index (χ1) is 16.1. The van der Waals surface area contributed by atoms with E-state index in [0.717, 1.165) is 11.3 Å². The Morgan fingerprint density at radius 3 is 2.36 bits per heavy atom. The Kier molecular flexibility index (Phi) is 9.96. The Balaban J connectivity index is 1.50. The summed E-state index contributed by atoms with van der Waals surface area (Å²) in [6.07, 6.45) is 0.693. The summed E-state index contributed by atoms with van der Waals surface area (Å²) in [5.74, 6) is 0.276. The lowest BCUT2D eigenvalue weighted by atomic mass is 10.2. The second-order valence-corrected chi connectivity index (χ2v) is 10.0. The van der Waals surface area contributed by atoms with Gasteiger partial charge >= 0.3 is 12.1 Å². The second kappa shape index (κ2) is 13.2. The predicted octanol–water partition coefficient (Wildman–Crippen LogP) is 4.03. The number of amides is 2. The number of rotatable bonds is 10. The van der Waals surface area contributed by atoms with Gasteiger partial charge < -0.3 is 14.8 Å². The van der Waals surface area contributed by atoms with Crippen LogP contribution in [0.1, 0.15) is 24.0 Å². The van der Waals surface area contributed by atoms with Gasteiger partial charge in [-0.25, -0.2) is 9.59 Å². The zero-order valence-electron chi connectivity index (χ0n) is 18.5. The summed E-state index contributed by atoms with van der Waals surface area (Å²) in [4.78, 5) is 39.2. The number of hydrogen-bond donors (Lipinski definition) is 1. The van der Waals surface area contributed by atoms with Crippen LogP contribution in [0.4, 0.5) is 4.79 Å². The molecule has 2 amide bonds. The Bertz CT molecular complexity index is 914. The van der Waals surface area contributed by atoms with Crippen LogP contribution in [0.25, 0.3) is 0 Å². The van der Waals surface area contributed by atoms with Gasteiger partial charge in [0.25, 0.3) is 0 Å². The standard InChI is InChI=1S/C24H28N2O5S2/c1-30-23(28)20(17-33-32-16-19-11-6-3-7-12-19)25-22(27)21-13-8-14-26(21)24(29)31-15-18-9-4-2-5-10-18/h2-7,9-12,20-21H,8,13-17H2,1H3,(H,25,27). The molecule has 2 unspecified atom stereocenters. The molecule has 7 nitrogen and oxygen atoms in total. The molecule has 1 fully saturated rings. The van der Waals surface area contributed by atoms with Crippen LogP contribution in [-0.2, 0) is 31.4 Å². The fourth-order valence-corrected chi connectivity index (χ4v) is 5.66. The van der Waals surface area contributed by atoms with Gasteiger partial charge in [0.1, 0.15) is 18.7 Å². The van der Waals surface area contributed by atoms with Crippen molar-refractivity contribution in [2.75, 3.05) is 19.4 Å². The molecule has 1 heterocycles. The number of nitrogens with zero attached hydrogens (tertiary/aromatic N) is 1. The largest absolute Gasteiger partial charge is 0.467 e. The summed E-state index contributed by atoms with van der Waals surface area (Å²) in [6, 6.07) is 17.9.